The molecule has 1 aliphatic heterocycles. The van der Waals surface area contributed by atoms with E-state index in [9.17, 15) is 13.2 Å². The number of halogens is 1. The summed E-state index contributed by atoms with van der Waals surface area (Å²) in [5.41, 5.74) is 1.44. The maximum absolute atomic E-state index is 12.8. The fourth-order valence-corrected chi connectivity index (χ4v) is 6.24. The summed E-state index contributed by atoms with van der Waals surface area (Å²) < 4.78 is 29.6. The molecule has 0 saturated carbocycles. The number of hydrogen-bond donors (Lipinski definition) is 1. The van der Waals surface area contributed by atoms with Crippen molar-refractivity contribution in [3.63, 3.8) is 0 Å². The zero-order chi connectivity index (χ0) is 20.4. The average Bonchev–Trinajstić information content (AvgIpc) is 3.41. The van der Waals surface area contributed by atoms with Gasteiger partial charge in [0.05, 0.1) is 22.0 Å². The summed E-state index contributed by atoms with van der Waals surface area (Å²) in [5.74, 6) is -0.334. The van der Waals surface area contributed by atoms with Gasteiger partial charge in [0.25, 0.3) is 10.0 Å². The van der Waals surface area contributed by atoms with E-state index < -0.39 is 10.0 Å². The van der Waals surface area contributed by atoms with Crippen molar-refractivity contribution in [1.82, 2.24) is 14.1 Å². The smallest absolute Gasteiger partial charge is 0.252 e. The summed E-state index contributed by atoms with van der Waals surface area (Å²) in [6, 6.07) is 10.8. The topological polar surface area (TPSA) is 84.3 Å². The van der Waals surface area contributed by atoms with Gasteiger partial charge < -0.3 is 5.32 Å². The molecule has 1 saturated heterocycles. The molecule has 0 aliphatic carbocycles. The van der Waals surface area contributed by atoms with Crippen molar-refractivity contribution < 1.29 is 13.2 Å². The number of piperidine rings is 1. The molecule has 7 nitrogen and oxygen atoms in total. The van der Waals surface area contributed by atoms with E-state index in [0.29, 0.717) is 35.8 Å². The Morgan fingerprint density at radius 3 is 2.59 bits per heavy atom. The van der Waals surface area contributed by atoms with Crippen LogP contribution in [-0.2, 0) is 14.8 Å². The molecule has 0 unspecified atom stereocenters. The molecule has 1 amide bonds. The highest BCUT2D eigenvalue weighted by atomic mass is 79.9. The molecular weight excluding hydrogens is 476 g/mol. The first-order chi connectivity index (χ1) is 13.9. The lowest BCUT2D eigenvalue weighted by molar-refractivity contribution is -0.120. The number of para-hydroxylation sites is 2. The van der Waals surface area contributed by atoms with Crippen molar-refractivity contribution in [3.05, 3.63) is 58.6 Å². The third-order valence-corrected chi connectivity index (χ3v) is 8.55. The quantitative estimate of drug-likeness (QED) is 0.585. The second-order valence-electron chi connectivity index (χ2n) is 6.72. The molecule has 1 fully saturated rings. The third-order valence-electron chi connectivity index (χ3n) is 4.87. The van der Waals surface area contributed by atoms with E-state index in [1.54, 1.807) is 28.4 Å². The largest absolute Gasteiger partial charge is 0.324 e. The van der Waals surface area contributed by atoms with Gasteiger partial charge in [0, 0.05) is 25.2 Å². The normalized spacial score (nSPS) is 16.0. The molecule has 0 atom stereocenters. The summed E-state index contributed by atoms with van der Waals surface area (Å²) in [6.07, 6.45) is 4.49. The Balaban J connectivity index is 1.43. The SMILES string of the molecule is O=C(Nc1ccccc1-n1cc(Br)cn1)C1CCN(S(=O)(=O)c2cccs2)CC1. The van der Waals surface area contributed by atoms with Gasteiger partial charge in [0.2, 0.25) is 5.91 Å². The molecule has 29 heavy (non-hydrogen) atoms. The van der Waals surface area contributed by atoms with Crippen LogP contribution in [-0.4, -0.2) is 41.5 Å². The number of hydrogen-bond acceptors (Lipinski definition) is 5. The van der Waals surface area contributed by atoms with E-state index in [0.717, 1.165) is 10.2 Å². The first-order valence-electron chi connectivity index (χ1n) is 9.09. The highest BCUT2D eigenvalue weighted by Crippen LogP contribution is 2.28. The average molecular weight is 495 g/mol. The van der Waals surface area contributed by atoms with Gasteiger partial charge >= 0.3 is 0 Å². The molecule has 152 valence electrons. The minimum atomic E-state index is -3.46. The summed E-state index contributed by atoms with van der Waals surface area (Å²) >= 11 is 4.59. The zero-order valence-corrected chi connectivity index (χ0v) is 18.6. The van der Waals surface area contributed by atoms with Crippen LogP contribution in [0.5, 0.6) is 0 Å². The van der Waals surface area contributed by atoms with E-state index in [1.807, 2.05) is 30.5 Å². The Hall–Kier alpha value is -2.01. The van der Waals surface area contributed by atoms with Gasteiger partial charge in [-0.25, -0.2) is 13.1 Å². The monoisotopic (exact) mass is 494 g/mol. The van der Waals surface area contributed by atoms with Crippen LogP contribution in [0.2, 0.25) is 0 Å². The number of carbonyl (C=O) groups excluding carboxylic acids is 1. The van der Waals surface area contributed by atoms with E-state index in [4.69, 9.17) is 0 Å². The fourth-order valence-electron chi connectivity index (χ4n) is 3.34. The van der Waals surface area contributed by atoms with E-state index >= 15 is 0 Å². The first kappa shape index (κ1) is 20.3. The second-order valence-corrected chi connectivity index (χ2v) is 10.7. The number of amides is 1. The summed E-state index contributed by atoms with van der Waals surface area (Å²) in [5, 5.41) is 9.01. The Morgan fingerprint density at radius 2 is 1.93 bits per heavy atom. The van der Waals surface area contributed by atoms with Gasteiger partial charge in [-0.1, -0.05) is 18.2 Å². The van der Waals surface area contributed by atoms with Crippen molar-refractivity contribution >= 4 is 48.9 Å². The van der Waals surface area contributed by atoms with E-state index in [1.165, 1.54) is 15.6 Å². The summed E-state index contributed by atoms with van der Waals surface area (Å²) in [7, 11) is -3.46. The molecule has 1 N–H and O–H groups in total. The lowest BCUT2D eigenvalue weighted by Gasteiger charge is -2.30. The Bertz CT molecular complexity index is 1100. The molecule has 0 bridgehead atoms. The maximum Gasteiger partial charge on any atom is 0.252 e. The number of nitrogens with one attached hydrogen (secondary N) is 1. The van der Waals surface area contributed by atoms with Gasteiger partial charge in [-0.2, -0.15) is 9.40 Å². The van der Waals surface area contributed by atoms with Crippen LogP contribution in [0, 0.1) is 5.92 Å². The summed E-state index contributed by atoms with van der Waals surface area (Å²) in [6.45, 7) is 0.679. The molecule has 1 aliphatic rings. The third kappa shape index (κ3) is 4.30. The Morgan fingerprint density at radius 1 is 1.17 bits per heavy atom. The zero-order valence-electron chi connectivity index (χ0n) is 15.4. The van der Waals surface area contributed by atoms with Crippen molar-refractivity contribution in [2.75, 3.05) is 18.4 Å². The number of benzene rings is 1. The minimum Gasteiger partial charge on any atom is -0.324 e. The van der Waals surface area contributed by atoms with Gasteiger partial charge in [0.1, 0.15) is 4.21 Å². The highest BCUT2D eigenvalue weighted by molar-refractivity contribution is 9.10. The first-order valence-corrected chi connectivity index (χ1v) is 12.2. The molecule has 2 aromatic heterocycles. The predicted octanol–water partition coefficient (Wildman–Crippen LogP) is 3.74. The fraction of sp³-hybridized carbons (Fsp3) is 0.263. The van der Waals surface area contributed by atoms with Crippen LogP contribution in [0.15, 0.2) is 62.9 Å². The molecule has 1 aromatic carbocycles. The number of thiophene rings is 1. The standard InChI is InChI=1S/C19H19BrN4O3S2/c20-15-12-21-24(13-15)17-5-2-1-4-16(17)22-19(25)14-7-9-23(10-8-14)29(26,27)18-6-3-11-28-18/h1-6,11-14H,7-10H2,(H,22,25). The van der Waals surface area contributed by atoms with Crippen LogP contribution in [0.3, 0.4) is 0 Å². The van der Waals surface area contributed by atoms with Crippen LogP contribution in [0.1, 0.15) is 12.8 Å². The maximum atomic E-state index is 12.8. The molecule has 10 heteroatoms. The van der Waals surface area contributed by atoms with Gasteiger partial charge in [0.15, 0.2) is 0 Å². The Labute approximate surface area is 181 Å². The Kier molecular flexibility index (Phi) is 5.86. The lowest BCUT2D eigenvalue weighted by Crippen LogP contribution is -2.41. The number of rotatable bonds is 5. The van der Waals surface area contributed by atoms with E-state index in [2.05, 4.69) is 26.3 Å². The molecular formula is C19H19BrN4O3S2. The van der Waals surface area contributed by atoms with Gasteiger partial charge in [-0.15, -0.1) is 11.3 Å². The van der Waals surface area contributed by atoms with Crippen LogP contribution < -0.4 is 5.32 Å². The van der Waals surface area contributed by atoms with Crippen LogP contribution in [0.25, 0.3) is 5.69 Å². The number of anilines is 1. The van der Waals surface area contributed by atoms with Gasteiger partial charge in [-0.3, -0.25) is 4.79 Å². The number of nitrogens with zero attached hydrogens (tertiary/aromatic N) is 3. The van der Waals surface area contributed by atoms with Crippen molar-refractivity contribution in [2.45, 2.75) is 17.1 Å². The van der Waals surface area contributed by atoms with Crippen molar-refractivity contribution in [1.29, 1.82) is 0 Å². The van der Waals surface area contributed by atoms with Crippen molar-refractivity contribution in [2.24, 2.45) is 5.92 Å². The number of sulfonamides is 1. The minimum absolute atomic E-state index is 0.100. The number of aromatic nitrogens is 2. The van der Waals surface area contributed by atoms with Crippen LogP contribution in [0.4, 0.5) is 5.69 Å². The molecule has 3 aromatic rings. The van der Waals surface area contributed by atoms with Gasteiger partial charge in [-0.05, 0) is 52.4 Å². The second kappa shape index (κ2) is 8.39. The number of carbonyl (C=O) groups is 1. The highest BCUT2D eigenvalue weighted by Gasteiger charge is 2.32. The van der Waals surface area contributed by atoms with Crippen LogP contribution >= 0.6 is 27.3 Å². The van der Waals surface area contributed by atoms with Crippen molar-refractivity contribution in [3.8, 4) is 5.69 Å². The summed E-state index contributed by atoms with van der Waals surface area (Å²) in [4.78, 5) is 12.8. The molecule has 4 rings (SSSR count). The lowest BCUT2D eigenvalue weighted by atomic mass is 9.97. The molecule has 3 heterocycles. The molecule has 0 spiro atoms. The predicted molar refractivity (Wildman–Crippen MR) is 116 cm³/mol. The van der Waals surface area contributed by atoms with E-state index in [-0.39, 0.29) is 11.8 Å². The molecule has 0 radical (unpaired) electrons.